The maximum Gasteiger partial charge on any atom is 0.304 e. The zero-order chi connectivity index (χ0) is 15.3. The number of aliphatic hydroxyl groups excluding tert-OH is 1. The number of aliphatic carboxylic acids is 3. The van der Waals surface area contributed by atoms with Gasteiger partial charge >= 0.3 is 17.9 Å². The Hall–Kier alpha value is -1.71. The highest BCUT2D eigenvalue weighted by atomic mass is 16.4. The van der Waals surface area contributed by atoms with Gasteiger partial charge in [-0.2, -0.15) is 0 Å². The smallest absolute Gasteiger partial charge is 0.304 e. The third kappa shape index (κ3) is 4.81. The van der Waals surface area contributed by atoms with Gasteiger partial charge in [0.05, 0.1) is 24.9 Å². The summed E-state index contributed by atoms with van der Waals surface area (Å²) in [6.45, 7) is -0.520. The Labute approximate surface area is 108 Å². The van der Waals surface area contributed by atoms with Crippen molar-refractivity contribution in [2.45, 2.75) is 31.3 Å². The molecule has 9 nitrogen and oxygen atoms in total. The van der Waals surface area contributed by atoms with Crippen LogP contribution < -0.4 is 11.5 Å². The van der Waals surface area contributed by atoms with Crippen LogP contribution in [-0.2, 0) is 14.4 Å². The van der Waals surface area contributed by atoms with Crippen molar-refractivity contribution in [2.24, 2.45) is 16.9 Å². The number of carboxylic acids is 3. The van der Waals surface area contributed by atoms with Gasteiger partial charge in [-0.05, 0) is 0 Å². The molecule has 9 heteroatoms. The Morgan fingerprint density at radius 1 is 0.842 bits per heavy atom. The van der Waals surface area contributed by atoms with Crippen molar-refractivity contribution in [3.63, 3.8) is 0 Å². The first-order valence-electron chi connectivity index (χ1n) is 5.40. The molecule has 0 bridgehead atoms. The summed E-state index contributed by atoms with van der Waals surface area (Å²) < 4.78 is 0. The lowest BCUT2D eigenvalue weighted by Crippen LogP contribution is -2.64. The fourth-order valence-corrected chi connectivity index (χ4v) is 2.00. The van der Waals surface area contributed by atoms with Crippen LogP contribution in [0.4, 0.5) is 0 Å². The summed E-state index contributed by atoms with van der Waals surface area (Å²) >= 11 is 0. The second-order valence-corrected chi connectivity index (χ2v) is 4.51. The van der Waals surface area contributed by atoms with Gasteiger partial charge in [-0.3, -0.25) is 14.4 Å². The van der Waals surface area contributed by atoms with Gasteiger partial charge in [-0.15, -0.1) is 0 Å². The molecule has 0 spiro atoms. The fourth-order valence-electron chi connectivity index (χ4n) is 2.00. The van der Waals surface area contributed by atoms with E-state index in [2.05, 4.69) is 0 Å². The molecule has 0 unspecified atom stereocenters. The van der Waals surface area contributed by atoms with Crippen molar-refractivity contribution >= 4 is 17.9 Å². The van der Waals surface area contributed by atoms with Crippen molar-refractivity contribution in [1.29, 1.82) is 0 Å². The number of hydrogen-bond donors (Lipinski definition) is 6. The quantitative estimate of drug-likeness (QED) is 0.270. The maximum atomic E-state index is 10.9. The molecule has 0 atom stereocenters. The lowest BCUT2D eigenvalue weighted by atomic mass is 9.67. The minimum absolute atomic E-state index is 0.319. The molecule has 19 heavy (non-hydrogen) atoms. The monoisotopic (exact) mass is 278 g/mol. The second-order valence-electron chi connectivity index (χ2n) is 4.51. The van der Waals surface area contributed by atoms with Crippen LogP contribution in [0.5, 0.6) is 0 Å². The Kier molecular flexibility index (Phi) is 5.87. The lowest BCUT2D eigenvalue weighted by Gasteiger charge is -2.43. The predicted octanol–water partition coefficient (Wildman–Crippen LogP) is -1.61. The van der Waals surface area contributed by atoms with Crippen LogP contribution in [0.3, 0.4) is 0 Å². The molecule has 0 saturated carbocycles. The van der Waals surface area contributed by atoms with E-state index in [4.69, 9.17) is 31.9 Å². The summed E-state index contributed by atoms with van der Waals surface area (Å²) in [5.41, 5.74) is 7.54. The summed E-state index contributed by atoms with van der Waals surface area (Å²) in [5.74, 6) is -4.25. The van der Waals surface area contributed by atoms with E-state index < -0.39 is 54.9 Å². The molecule has 0 saturated heterocycles. The van der Waals surface area contributed by atoms with Crippen LogP contribution in [0.1, 0.15) is 25.7 Å². The van der Waals surface area contributed by atoms with Gasteiger partial charge in [-0.1, -0.05) is 0 Å². The first-order valence-corrected chi connectivity index (χ1v) is 5.40. The number of aliphatic hydroxyl groups is 1. The molecule has 110 valence electrons. The molecule has 8 N–H and O–H groups in total. The normalized spacial score (nSPS) is 12.2. The van der Waals surface area contributed by atoms with Crippen LogP contribution in [0.25, 0.3) is 0 Å². The van der Waals surface area contributed by atoms with E-state index in [0.717, 1.165) is 0 Å². The lowest BCUT2D eigenvalue weighted by molar-refractivity contribution is -0.151. The Balaban J connectivity index is 5.63. The van der Waals surface area contributed by atoms with Gasteiger partial charge in [0.25, 0.3) is 0 Å². The maximum absolute atomic E-state index is 10.9. The van der Waals surface area contributed by atoms with E-state index in [1.807, 2.05) is 0 Å². The van der Waals surface area contributed by atoms with Crippen molar-refractivity contribution in [2.75, 3.05) is 6.61 Å². The molecular weight excluding hydrogens is 260 g/mol. The largest absolute Gasteiger partial charge is 0.481 e. The molecule has 0 fully saturated rings. The van der Waals surface area contributed by atoms with Crippen LogP contribution in [0.2, 0.25) is 0 Å². The van der Waals surface area contributed by atoms with E-state index >= 15 is 0 Å². The third-order valence-electron chi connectivity index (χ3n) is 2.98. The SMILES string of the molecule is NC(N)(CCO)C(CC(=O)O)(CC(=O)O)CC(=O)O. The number of hydrogen-bond acceptors (Lipinski definition) is 6. The molecule has 0 aliphatic heterocycles. The molecule has 0 aromatic rings. The predicted molar refractivity (Wildman–Crippen MR) is 62.0 cm³/mol. The summed E-state index contributed by atoms with van der Waals surface area (Å²) in [6.07, 6.45) is -2.78. The molecule has 0 amide bonds. The van der Waals surface area contributed by atoms with E-state index in [0.29, 0.717) is 0 Å². The van der Waals surface area contributed by atoms with E-state index in [1.54, 1.807) is 0 Å². The van der Waals surface area contributed by atoms with Crippen LogP contribution in [0, 0.1) is 5.41 Å². The highest BCUT2D eigenvalue weighted by molar-refractivity contribution is 5.76. The third-order valence-corrected chi connectivity index (χ3v) is 2.98. The van der Waals surface area contributed by atoms with Gasteiger partial charge in [-0.25, -0.2) is 0 Å². The van der Waals surface area contributed by atoms with Gasteiger partial charge in [0.1, 0.15) is 0 Å². The summed E-state index contributed by atoms with van der Waals surface area (Å²) in [6, 6.07) is 0. The molecule has 0 aliphatic rings. The highest BCUT2D eigenvalue weighted by Crippen LogP contribution is 2.40. The van der Waals surface area contributed by atoms with E-state index in [-0.39, 0.29) is 6.42 Å². The molecule has 0 aromatic carbocycles. The van der Waals surface area contributed by atoms with Gasteiger partial charge < -0.3 is 31.9 Å². The Bertz CT molecular complexity index is 326. The van der Waals surface area contributed by atoms with Gasteiger partial charge in [0, 0.05) is 18.4 Å². The first-order chi connectivity index (χ1) is 8.56. The number of nitrogens with two attached hydrogens (primary N) is 2. The molecule has 0 radical (unpaired) electrons. The zero-order valence-electron chi connectivity index (χ0n) is 10.2. The number of carboxylic acid groups (broad SMARTS) is 3. The van der Waals surface area contributed by atoms with Crippen LogP contribution in [0.15, 0.2) is 0 Å². The summed E-state index contributed by atoms with van der Waals surface area (Å²) in [7, 11) is 0. The fraction of sp³-hybridized carbons (Fsp3) is 0.700. The van der Waals surface area contributed by atoms with Crippen molar-refractivity contribution in [3.8, 4) is 0 Å². The average Bonchev–Trinajstić information content (AvgIpc) is 2.12. The summed E-state index contributed by atoms with van der Waals surface area (Å²) in [4.78, 5) is 32.6. The van der Waals surface area contributed by atoms with Gasteiger partial charge in [0.2, 0.25) is 0 Å². The minimum atomic E-state index is -1.93. The van der Waals surface area contributed by atoms with Gasteiger partial charge in [0.15, 0.2) is 0 Å². The Morgan fingerprint density at radius 3 is 1.37 bits per heavy atom. The molecule has 0 aromatic heterocycles. The molecular formula is C10H18N2O7. The van der Waals surface area contributed by atoms with Crippen molar-refractivity contribution in [3.05, 3.63) is 0 Å². The Morgan fingerprint density at radius 2 is 1.16 bits per heavy atom. The standard InChI is InChI=1S/C10H18N2O7/c11-10(12,1-2-13)9(3-6(14)15,4-7(16)17)5-8(18)19/h13H,1-5,11-12H2,(H,14,15)(H,16,17)(H,18,19). The second kappa shape index (κ2) is 6.45. The highest BCUT2D eigenvalue weighted by Gasteiger charge is 2.50. The number of carbonyl (C=O) groups is 3. The molecule has 0 aliphatic carbocycles. The minimum Gasteiger partial charge on any atom is -0.481 e. The average molecular weight is 278 g/mol. The van der Waals surface area contributed by atoms with E-state index in [1.165, 1.54) is 0 Å². The van der Waals surface area contributed by atoms with E-state index in [9.17, 15) is 14.4 Å². The van der Waals surface area contributed by atoms with Crippen molar-refractivity contribution in [1.82, 2.24) is 0 Å². The first kappa shape index (κ1) is 17.3. The van der Waals surface area contributed by atoms with Crippen LogP contribution >= 0.6 is 0 Å². The summed E-state index contributed by atoms with van der Waals surface area (Å²) in [5, 5.41) is 35.4. The molecule has 0 heterocycles. The topological polar surface area (TPSA) is 184 Å². The van der Waals surface area contributed by atoms with Crippen molar-refractivity contribution < 1.29 is 34.8 Å². The zero-order valence-corrected chi connectivity index (χ0v) is 10.2. The number of rotatable bonds is 9. The molecule has 0 rings (SSSR count). The van der Waals surface area contributed by atoms with Crippen LogP contribution in [-0.4, -0.2) is 50.6 Å².